The van der Waals surface area contributed by atoms with Crippen LogP contribution in [0.25, 0.3) is 0 Å². The number of hydrogen-bond acceptors (Lipinski definition) is 5. The lowest BCUT2D eigenvalue weighted by atomic mass is 10.2. The van der Waals surface area contributed by atoms with Crippen LogP contribution in [0.5, 0.6) is 0 Å². The molecule has 8 heteroatoms. The van der Waals surface area contributed by atoms with E-state index < -0.39 is 26.7 Å². The van der Waals surface area contributed by atoms with Crippen molar-refractivity contribution in [3.63, 3.8) is 0 Å². The summed E-state index contributed by atoms with van der Waals surface area (Å²) >= 11 is 0. The van der Waals surface area contributed by atoms with E-state index in [-0.39, 0.29) is 16.9 Å². The number of nitrogens with one attached hydrogen (secondary N) is 1. The third-order valence-corrected chi connectivity index (χ3v) is 4.19. The van der Waals surface area contributed by atoms with Gasteiger partial charge in [0.15, 0.2) is 4.90 Å². The molecule has 102 valence electrons. The van der Waals surface area contributed by atoms with Crippen LogP contribution in [0, 0.1) is 28.4 Å². The summed E-state index contributed by atoms with van der Waals surface area (Å²) in [5.41, 5.74) is -0.192. The highest BCUT2D eigenvalue weighted by Gasteiger charge is 2.28. The molecule has 7 nitrogen and oxygen atoms in total. The van der Waals surface area contributed by atoms with Gasteiger partial charge in [-0.05, 0) is 19.4 Å². The minimum atomic E-state index is -4.03. The van der Waals surface area contributed by atoms with Gasteiger partial charge in [-0.15, -0.1) is 0 Å². The molecule has 0 fully saturated rings. The molecule has 1 unspecified atom stereocenters. The maximum Gasteiger partial charge on any atom is 0.289 e. The second-order valence-corrected chi connectivity index (χ2v) is 5.72. The molecule has 0 heterocycles. The van der Waals surface area contributed by atoms with Crippen LogP contribution in [0.15, 0.2) is 23.1 Å². The smallest absolute Gasteiger partial charge is 0.258 e. The summed E-state index contributed by atoms with van der Waals surface area (Å²) in [6.07, 6.45) is -0.0150. The van der Waals surface area contributed by atoms with E-state index in [0.29, 0.717) is 0 Å². The number of benzene rings is 1. The van der Waals surface area contributed by atoms with E-state index in [2.05, 4.69) is 4.72 Å². The molecule has 0 aliphatic carbocycles. The number of nitro benzene ring substituents is 1. The average Bonchev–Trinajstić information content (AvgIpc) is 2.27. The van der Waals surface area contributed by atoms with Crippen LogP contribution >= 0.6 is 0 Å². The Balaban J connectivity index is 3.29. The van der Waals surface area contributed by atoms with Crippen molar-refractivity contribution in [3.8, 4) is 6.07 Å². The van der Waals surface area contributed by atoms with Crippen LogP contribution in [0.4, 0.5) is 5.69 Å². The normalized spacial score (nSPS) is 12.7. The molecule has 0 amide bonds. The predicted octanol–water partition coefficient (Wildman–Crippen LogP) is 1.48. The molecule has 1 aromatic rings. The average molecular weight is 283 g/mol. The molecule has 0 saturated carbocycles. The van der Waals surface area contributed by atoms with Crippen LogP contribution in [-0.2, 0) is 10.0 Å². The summed E-state index contributed by atoms with van der Waals surface area (Å²) in [7, 11) is -4.03. The van der Waals surface area contributed by atoms with Crippen LogP contribution in [-0.4, -0.2) is 19.4 Å². The molecule has 1 N–H and O–H groups in total. The van der Waals surface area contributed by atoms with Gasteiger partial charge < -0.3 is 0 Å². The summed E-state index contributed by atoms with van der Waals surface area (Å²) < 4.78 is 26.5. The fourth-order valence-corrected chi connectivity index (χ4v) is 3.27. The molecule has 0 saturated heterocycles. The Morgan fingerprint density at radius 1 is 1.53 bits per heavy atom. The van der Waals surface area contributed by atoms with Gasteiger partial charge in [-0.25, -0.2) is 13.1 Å². The third-order valence-electron chi connectivity index (χ3n) is 2.41. The van der Waals surface area contributed by atoms with Gasteiger partial charge in [-0.3, -0.25) is 10.1 Å². The van der Waals surface area contributed by atoms with Crippen molar-refractivity contribution in [2.24, 2.45) is 0 Å². The van der Waals surface area contributed by atoms with E-state index in [1.54, 1.807) is 0 Å². The summed E-state index contributed by atoms with van der Waals surface area (Å²) in [5.74, 6) is 0. The van der Waals surface area contributed by atoms with Crippen molar-refractivity contribution in [1.29, 1.82) is 5.26 Å². The van der Waals surface area contributed by atoms with Gasteiger partial charge in [0.05, 0.1) is 17.4 Å². The fourth-order valence-electron chi connectivity index (χ4n) is 1.63. The maximum atomic E-state index is 12.1. The standard InChI is InChI=1S/C11H13N3O4S/c1-8-4-3-5-10(14(15)16)11(8)19(17,18)13-9(2)6-7-12/h3-5,9,13H,6H2,1-2H3. The van der Waals surface area contributed by atoms with Crippen molar-refractivity contribution < 1.29 is 13.3 Å². The zero-order chi connectivity index (χ0) is 14.6. The molecule has 0 radical (unpaired) electrons. The van der Waals surface area contributed by atoms with Gasteiger partial charge >= 0.3 is 0 Å². The molecule has 0 aliphatic heterocycles. The minimum absolute atomic E-state index is 0.0150. The van der Waals surface area contributed by atoms with Gasteiger partial charge in [0, 0.05) is 12.1 Å². The number of hydrogen-bond donors (Lipinski definition) is 1. The molecule has 0 bridgehead atoms. The molecule has 0 aliphatic rings. The molecule has 1 rings (SSSR count). The second-order valence-electron chi connectivity index (χ2n) is 4.06. The van der Waals surface area contributed by atoms with Crippen LogP contribution in [0.2, 0.25) is 0 Å². The van der Waals surface area contributed by atoms with E-state index in [1.165, 1.54) is 26.0 Å². The van der Waals surface area contributed by atoms with E-state index in [4.69, 9.17) is 5.26 Å². The summed E-state index contributed by atoms with van der Waals surface area (Å²) in [6, 6.07) is 5.26. The molecule has 1 aromatic carbocycles. The first-order valence-corrected chi connectivity index (χ1v) is 6.91. The molecule has 0 spiro atoms. The Labute approximate surface area is 111 Å². The largest absolute Gasteiger partial charge is 0.289 e. The molecule has 0 aromatic heterocycles. The summed E-state index contributed by atoms with van der Waals surface area (Å²) in [6.45, 7) is 3.00. The Bertz CT molecular complexity index is 634. The van der Waals surface area contributed by atoms with E-state index in [0.717, 1.165) is 6.07 Å². The van der Waals surface area contributed by atoms with E-state index in [9.17, 15) is 18.5 Å². The molecule has 19 heavy (non-hydrogen) atoms. The monoisotopic (exact) mass is 283 g/mol. The quantitative estimate of drug-likeness (QED) is 0.649. The number of nitriles is 1. The van der Waals surface area contributed by atoms with Gasteiger partial charge in [-0.2, -0.15) is 5.26 Å². The predicted molar refractivity (Wildman–Crippen MR) is 67.8 cm³/mol. The summed E-state index contributed by atoms with van der Waals surface area (Å²) in [4.78, 5) is 9.80. The fraction of sp³-hybridized carbons (Fsp3) is 0.364. The van der Waals surface area contributed by atoms with Crippen LogP contribution < -0.4 is 4.72 Å². The Kier molecular flexibility index (Phi) is 4.58. The van der Waals surface area contributed by atoms with Crippen molar-refractivity contribution in [1.82, 2.24) is 4.72 Å². The van der Waals surface area contributed by atoms with Crippen molar-refractivity contribution in [3.05, 3.63) is 33.9 Å². The lowest BCUT2D eigenvalue weighted by Crippen LogP contribution is -2.33. The van der Waals surface area contributed by atoms with Gasteiger partial charge in [0.2, 0.25) is 10.0 Å². The highest BCUT2D eigenvalue weighted by molar-refractivity contribution is 7.89. The Hall–Kier alpha value is -1.98. The maximum absolute atomic E-state index is 12.1. The number of sulfonamides is 1. The zero-order valence-corrected chi connectivity index (χ0v) is 11.3. The minimum Gasteiger partial charge on any atom is -0.258 e. The number of rotatable bonds is 5. The molecular weight excluding hydrogens is 270 g/mol. The van der Waals surface area contributed by atoms with Crippen molar-refractivity contribution >= 4 is 15.7 Å². The first-order valence-electron chi connectivity index (χ1n) is 5.43. The SMILES string of the molecule is Cc1cccc([N+](=O)[O-])c1S(=O)(=O)NC(C)CC#N. The van der Waals surface area contributed by atoms with Crippen molar-refractivity contribution in [2.75, 3.05) is 0 Å². The second kappa shape index (κ2) is 5.77. The highest BCUT2D eigenvalue weighted by atomic mass is 32.2. The summed E-state index contributed by atoms with van der Waals surface area (Å²) in [5, 5.41) is 19.4. The molecule has 1 atom stereocenters. The van der Waals surface area contributed by atoms with Gasteiger partial charge in [-0.1, -0.05) is 12.1 Å². The van der Waals surface area contributed by atoms with E-state index in [1.807, 2.05) is 6.07 Å². The lowest BCUT2D eigenvalue weighted by Gasteiger charge is -2.12. The Morgan fingerprint density at radius 3 is 2.68 bits per heavy atom. The topological polar surface area (TPSA) is 113 Å². The molecular formula is C11H13N3O4S. The van der Waals surface area contributed by atoms with E-state index >= 15 is 0 Å². The number of nitro groups is 1. The Morgan fingerprint density at radius 2 is 2.16 bits per heavy atom. The lowest BCUT2D eigenvalue weighted by molar-refractivity contribution is -0.387. The first-order chi connectivity index (χ1) is 8.79. The van der Waals surface area contributed by atoms with Gasteiger partial charge in [0.25, 0.3) is 5.69 Å². The first kappa shape index (κ1) is 15.1. The number of nitrogens with zero attached hydrogens (tertiary/aromatic N) is 2. The van der Waals surface area contributed by atoms with Crippen LogP contribution in [0.1, 0.15) is 18.9 Å². The number of aryl methyl sites for hydroxylation is 1. The third kappa shape index (κ3) is 3.49. The van der Waals surface area contributed by atoms with Crippen LogP contribution in [0.3, 0.4) is 0 Å². The highest BCUT2D eigenvalue weighted by Crippen LogP contribution is 2.26. The zero-order valence-electron chi connectivity index (χ0n) is 10.5. The van der Waals surface area contributed by atoms with Gasteiger partial charge in [0.1, 0.15) is 0 Å². The van der Waals surface area contributed by atoms with Crippen molar-refractivity contribution in [2.45, 2.75) is 31.2 Å².